The molecule has 1 aliphatic rings. The van der Waals surface area contributed by atoms with Gasteiger partial charge in [-0.15, -0.1) is 0 Å². The van der Waals surface area contributed by atoms with Gasteiger partial charge in [0.1, 0.15) is 0 Å². The maximum atomic E-state index is 12.0. The first-order valence-electron chi connectivity index (χ1n) is 6.73. The van der Waals surface area contributed by atoms with E-state index in [0.29, 0.717) is 6.04 Å². The second-order valence-corrected chi connectivity index (χ2v) is 4.98. The number of hydrogen-bond acceptors (Lipinski definition) is 2. The van der Waals surface area contributed by atoms with Crippen LogP contribution in [0.25, 0.3) is 10.8 Å². The third-order valence-electron chi connectivity index (χ3n) is 3.62. The van der Waals surface area contributed by atoms with E-state index < -0.39 is 0 Å². The quantitative estimate of drug-likeness (QED) is 0.865. The number of carbonyl (C=O) groups excluding carboxylic acids is 1. The fraction of sp³-hybridized carbons (Fsp3) is 0.333. The fourth-order valence-corrected chi connectivity index (χ4v) is 2.64. The van der Waals surface area contributed by atoms with Crippen LogP contribution in [-0.2, 0) is 0 Å². The van der Waals surface area contributed by atoms with E-state index in [1.807, 2.05) is 24.3 Å². The molecule has 0 saturated heterocycles. The van der Waals surface area contributed by atoms with Gasteiger partial charge in [-0.3, -0.25) is 4.98 Å². The topological polar surface area (TPSA) is 54.0 Å². The van der Waals surface area contributed by atoms with Crippen LogP contribution in [0.2, 0.25) is 0 Å². The van der Waals surface area contributed by atoms with Gasteiger partial charge in [0.2, 0.25) is 0 Å². The van der Waals surface area contributed by atoms with Gasteiger partial charge in [-0.25, -0.2) is 4.79 Å². The lowest BCUT2D eigenvalue weighted by molar-refractivity contribution is 0.248. The number of fused-ring (bicyclic) bond motifs is 1. The molecule has 2 amide bonds. The zero-order valence-corrected chi connectivity index (χ0v) is 10.7. The number of rotatable bonds is 2. The van der Waals surface area contributed by atoms with Gasteiger partial charge in [-0.1, -0.05) is 25.0 Å². The molecular weight excluding hydrogens is 238 g/mol. The van der Waals surface area contributed by atoms with E-state index >= 15 is 0 Å². The predicted octanol–water partition coefficient (Wildman–Crippen LogP) is 3.30. The van der Waals surface area contributed by atoms with Crippen molar-refractivity contribution in [2.75, 3.05) is 5.32 Å². The minimum absolute atomic E-state index is 0.122. The van der Waals surface area contributed by atoms with Crippen LogP contribution in [-0.4, -0.2) is 17.1 Å². The van der Waals surface area contributed by atoms with Crippen molar-refractivity contribution in [2.45, 2.75) is 31.7 Å². The van der Waals surface area contributed by atoms with Crippen molar-refractivity contribution >= 4 is 22.5 Å². The molecule has 2 N–H and O–H groups in total. The number of amides is 2. The van der Waals surface area contributed by atoms with Gasteiger partial charge in [0, 0.05) is 23.8 Å². The summed E-state index contributed by atoms with van der Waals surface area (Å²) < 4.78 is 0. The van der Waals surface area contributed by atoms with Crippen molar-refractivity contribution in [2.24, 2.45) is 0 Å². The Bertz CT molecular complexity index is 585. The molecule has 1 aromatic carbocycles. The third-order valence-corrected chi connectivity index (χ3v) is 3.62. The van der Waals surface area contributed by atoms with Crippen LogP contribution in [0.15, 0.2) is 36.7 Å². The number of aromatic nitrogens is 1. The standard InChI is InChI=1S/C15H17N3O/c19-15(17-12-5-1-2-6-12)18-14-7-3-4-11-8-9-16-10-13(11)14/h3-4,7-10,12H,1-2,5-6H2,(H2,17,18,19). The molecule has 0 radical (unpaired) electrons. The summed E-state index contributed by atoms with van der Waals surface area (Å²) >= 11 is 0. The second-order valence-electron chi connectivity index (χ2n) is 4.98. The molecule has 0 spiro atoms. The Morgan fingerprint density at radius 3 is 2.89 bits per heavy atom. The van der Waals surface area contributed by atoms with Gasteiger partial charge in [0.05, 0.1) is 5.69 Å². The maximum Gasteiger partial charge on any atom is 0.319 e. The molecule has 4 nitrogen and oxygen atoms in total. The van der Waals surface area contributed by atoms with Crippen LogP contribution in [0.3, 0.4) is 0 Å². The lowest BCUT2D eigenvalue weighted by Crippen LogP contribution is -2.36. The summed E-state index contributed by atoms with van der Waals surface area (Å²) in [5.74, 6) is 0. The molecule has 0 bridgehead atoms. The zero-order valence-electron chi connectivity index (χ0n) is 10.7. The number of nitrogens with zero attached hydrogens (tertiary/aromatic N) is 1. The number of pyridine rings is 1. The summed E-state index contributed by atoms with van der Waals surface area (Å²) in [7, 11) is 0. The van der Waals surface area contributed by atoms with E-state index in [9.17, 15) is 4.79 Å². The second kappa shape index (κ2) is 5.26. The Labute approximate surface area is 112 Å². The van der Waals surface area contributed by atoms with Gasteiger partial charge in [-0.05, 0) is 30.4 Å². The van der Waals surface area contributed by atoms with Crippen molar-refractivity contribution in [1.82, 2.24) is 10.3 Å². The minimum Gasteiger partial charge on any atom is -0.335 e. The SMILES string of the molecule is O=C(Nc1cccc2ccncc12)NC1CCCC1. The molecule has 19 heavy (non-hydrogen) atoms. The number of nitrogens with one attached hydrogen (secondary N) is 2. The normalized spacial score (nSPS) is 15.6. The van der Waals surface area contributed by atoms with Crippen molar-refractivity contribution in [3.63, 3.8) is 0 Å². The molecule has 4 heteroatoms. The molecule has 0 aliphatic heterocycles. The first-order valence-corrected chi connectivity index (χ1v) is 6.73. The lowest BCUT2D eigenvalue weighted by atomic mass is 10.1. The highest BCUT2D eigenvalue weighted by Gasteiger charge is 2.17. The Morgan fingerprint density at radius 1 is 1.21 bits per heavy atom. The smallest absolute Gasteiger partial charge is 0.319 e. The van der Waals surface area contributed by atoms with Gasteiger partial charge < -0.3 is 10.6 Å². The van der Waals surface area contributed by atoms with E-state index in [4.69, 9.17) is 0 Å². The van der Waals surface area contributed by atoms with Gasteiger partial charge in [0.15, 0.2) is 0 Å². The van der Waals surface area contributed by atoms with Crippen molar-refractivity contribution < 1.29 is 4.79 Å². The highest BCUT2D eigenvalue weighted by atomic mass is 16.2. The molecule has 1 aromatic heterocycles. The van der Waals surface area contributed by atoms with Crippen LogP contribution < -0.4 is 10.6 Å². The Morgan fingerprint density at radius 2 is 2.05 bits per heavy atom. The molecule has 2 aromatic rings. The predicted molar refractivity (Wildman–Crippen MR) is 76.2 cm³/mol. The number of carbonyl (C=O) groups is 1. The van der Waals surface area contributed by atoms with Crippen molar-refractivity contribution in [1.29, 1.82) is 0 Å². The van der Waals surface area contributed by atoms with Crippen LogP contribution in [0.5, 0.6) is 0 Å². The van der Waals surface area contributed by atoms with E-state index in [1.54, 1.807) is 12.4 Å². The molecule has 1 heterocycles. The monoisotopic (exact) mass is 255 g/mol. The number of benzene rings is 1. The number of anilines is 1. The lowest BCUT2D eigenvalue weighted by Gasteiger charge is -2.14. The van der Waals surface area contributed by atoms with E-state index in [1.165, 1.54) is 12.8 Å². The average Bonchev–Trinajstić information content (AvgIpc) is 2.92. The molecule has 0 atom stereocenters. The van der Waals surface area contributed by atoms with Gasteiger partial charge in [0.25, 0.3) is 0 Å². The molecule has 1 aliphatic carbocycles. The largest absolute Gasteiger partial charge is 0.335 e. The molecular formula is C15H17N3O. The highest BCUT2D eigenvalue weighted by Crippen LogP contribution is 2.22. The summed E-state index contributed by atoms with van der Waals surface area (Å²) in [4.78, 5) is 16.1. The van der Waals surface area contributed by atoms with Gasteiger partial charge in [-0.2, -0.15) is 0 Å². The Kier molecular flexibility index (Phi) is 3.31. The molecule has 98 valence electrons. The Hall–Kier alpha value is -2.10. The third kappa shape index (κ3) is 2.67. The van der Waals surface area contributed by atoms with Crippen LogP contribution in [0.4, 0.5) is 10.5 Å². The summed E-state index contributed by atoms with van der Waals surface area (Å²) in [6, 6.07) is 7.99. The summed E-state index contributed by atoms with van der Waals surface area (Å²) in [6.07, 6.45) is 8.13. The molecule has 0 unspecified atom stereocenters. The minimum atomic E-state index is -0.122. The summed E-state index contributed by atoms with van der Waals surface area (Å²) in [5, 5.41) is 7.99. The molecule has 3 rings (SSSR count). The zero-order chi connectivity index (χ0) is 13.1. The van der Waals surface area contributed by atoms with Crippen LogP contribution in [0, 0.1) is 0 Å². The van der Waals surface area contributed by atoms with Gasteiger partial charge >= 0.3 is 6.03 Å². The summed E-state index contributed by atoms with van der Waals surface area (Å²) in [5.41, 5.74) is 0.807. The van der Waals surface area contributed by atoms with Crippen LogP contribution in [0.1, 0.15) is 25.7 Å². The summed E-state index contributed by atoms with van der Waals surface area (Å²) in [6.45, 7) is 0. The van der Waals surface area contributed by atoms with Crippen LogP contribution >= 0.6 is 0 Å². The Balaban J connectivity index is 1.75. The van der Waals surface area contributed by atoms with E-state index in [-0.39, 0.29) is 6.03 Å². The average molecular weight is 255 g/mol. The highest BCUT2D eigenvalue weighted by molar-refractivity contribution is 6.01. The molecule has 1 fully saturated rings. The maximum absolute atomic E-state index is 12.0. The van der Waals surface area contributed by atoms with Crippen molar-refractivity contribution in [3.8, 4) is 0 Å². The first kappa shape index (κ1) is 12.0. The molecule has 1 saturated carbocycles. The van der Waals surface area contributed by atoms with E-state index in [0.717, 1.165) is 29.3 Å². The fourth-order valence-electron chi connectivity index (χ4n) is 2.64. The first-order chi connectivity index (χ1) is 9.33. The number of hydrogen-bond donors (Lipinski definition) is 2. The van der Waals surface area contributed by atoms with E-state index in [2.05, 4.69) is 15.6 Å². The number of urea groups is 1. The van der Waals surface area contributed by atoms with Crippen molar-refractivity contribution in [3.05, 3.63) is 36.7 Å².